The van der Waals surface area contributed by atoms with Gasteiger partial charge in [0, 0.05) is 29.1 Å². The van der Waals surface area contributed by atoms with Crippen LogP contribution in [-0.2, 0) is 0 Å². The summed E-state index contributed by atoms with van der Waals surface area (Å²) in [5.41, 5.74) is 1.92. The van der Waals surface area contributed by atoms with Gasteiger partial charge in [-0.1, -0.05) is 11.6 Å². The summed E-state index contributed by atoms with van der Waals surface area (Å²) in [7, 11) is 0. The summed E-state index contributed by atoms with van der Waals surface area (Å²) in [6, 6.07) is 6.91. The number of benzene rings is 1. The number of piperidine rings is 1. The summed E-state index contributed by atoms with van der Waals surface area (Å²) in [5.74, 6) is 1.85. The fraction of sp³-hybridized carbons (Fsp3) is 0.389. The van der Waals surface area contributed by atoms with E-state index in [2.05, 4.69) is 39.7 Å². The normalized spacial score (nSPS) is 23.7. The van der Waals surface area contributed by atoms with Crippen LogP contribution in [0.15, 0.2) is 30.6 Å². The van der Waals surface area contributed by atoms with Crippen LogP contribution in [0.3, 0.4) is 0 Å². The second kappa shape index (κ2) is 6.61. The molecule has 3 N–H and O–H groups in total. The van der Waals surface area contributed by atoms with Crippen molar-refractivity contribution in [2.24, 2.45) is 0 Å². The van der Waals surface area contributed by atoms with Crippen molar-refractivity contribution in [3.05, 3.63) is 41.4 Å². The van der Waals surface area contributed by atoms with Gasteiger partial charge in [0.25, 0.3) is 0 Å². The number of H-pyrrole nitrogens is 1. The van der Waals surface area contributed by atoms with E-state index in [1.54, 1.807) is 12.4 Å². The summed E-state index contributed by atoms with van der Waals surface area (Å²) in [6.07, 6.45) is 5.56. The van der Waals surface area contributed by atoms with Gasteiger partial charge in [-0.3, -0.25) is 5.10 Å². The third-order valence-corrected chi connectivity index (χ3v) is 4.95. The summed E-state index contributed by atoms with van der Waals surface area (Å²) in [5, 5.41) is 15.4. The number of hydrogen-bond donors (Lipinski definition) is 3. The lowest BCUT2D eigenvalue weighted by atomic mass is 9.88. The van der Waals surface area contributed by atoms with Gasteiger partial charge in [0.05, 0.1) is 17.9 Å². The lowest BCUT2D eigenvalue weighted by Gasteiger charge is -2.32. The van der Waals surface area contributed by atoms with Gasteiger partial charge in [-0.15, -0.1) is 0 Å². The fourth-order valence-electron chi connectivity index (χ4n) is 3.60. The van der Waals surface area contributed by atoms with E-state index < -0.39 is 0 Å². The molecule has 4 rings (SSSR count). The van der Waals surface area contributed by atoms with Gasteiger partial charge >= 0.3 is 0 Å². The maximum atomic E-state index is 6.32. The Morgan fingerprint density at radius 1 is 1.16 bits per heavy atom. The first-order chi connectivity index (χ1) is 12.1. The monoisotopic (exact) mass is 356 g/mol. The van der Waals surface area contributed by atoms with E-state index in [0.717, 1.165) is 35.3 Å². The Morgan fingerprint density at radius 2 is 1.96 bits per heavy atom. The number of fused-ring (bicyclic) bond motifs is 1. The zero-order chi connectivity index (χ0) is 17.4. The summed E-state index contributed by atoms with van der Waals surface area (Å²) in [4.78, 5) is 9.21. The first kappa shape index (κ1) is 16.3. The van der Waals surface area contributed by atoms with E-state index in [0.29, 0.717) is 28.8 Å². The van der Waals surface area contributed by atoms with Crippen molar-refractivity contribution >= 4 is 34.0 Å². The molecule has 2 atom stereocenters. The number of anilines is 2. The lowest BCUT2D eigenvalue weighted by Crippen LogP contribution is -2.41. The standard InChI is InChI=1S/C18H21ClN6/c1-10-5-12(6-11(2)22-10)17-20-9-15(19)18(24-17)23-14-3-4-16-13(7-14)8-21-25-16/h3-4,7-12,22H,5-6H2,1-2H3,(H,21,25)(H,20,23,24). The zero-order valence-corrected chi connectivity index (χ0v) is 15.0. The minimum absolute atomic E-state index is 0.348. The second-order valence-corrected chi connectivity index (χ2v) is 7.27. The number of rotatable bonds is 3. The molecule has 7 heteroatoms. The highest BCUT2D eigenvalue weighted by atomic mass is 35.5. The smallest absolute Gasteiger partial charge is 0.152 e. The van der Waals surface area contributed by atoms with Crippen molar-refractivity contribution in [3.8, 4) is 0 Å². The molecule has 2 aromatic heterocycles. The van der Waals surface area contributed by atoms with Crippen molar-refractivity contribution in [3.63, 3.8) is 0 Å². The van der Waals surface area contributed by atoms with Crippen LogP contribution in [0, 0.1) is 0 Å². The van der Waals surface area contributed by atoms with Gasteiger partial charge in [0.1, 0.15) is 10.8 Å². The van der Waals surface area contributed by atoms with Crippen LogP contribution >= 0.6 is 11.6 Å². The molecule has 3 aromatic rings. The first-order valence-electron chi connectivity index (χ1n) is 8.57. The van der Waals surface area contributed by atoms with Gasteiger partial charge in [-0.05, 0) is 44.9 Å². The Morgan fingerprint density at radius 3 is 2.76 bits per heavy atom. The lowest BCUT2D eigenvalue weighted by molar-refractivity contribution is 0.309. The molecule has 1 aliphatic rings. The molecule has 2 unspecified atom stereocenters. The third kappa shape index (κ3) is 3.45. The van der Waals surface area contributed by atoms with Crippen LogP contribution in [0.4, 0.5) is 11.5 Å². The number of hydrogen-bond acceptors (Lipinski definition) is 5. The van der Waals surface area contributed by atoms with Crippen molar-refractivity contribution < 1.29 is 0 Å². The molecular formula is C18H21ClN6. The zero-order valence-electron chi connectivity index (χ0n) is 14.3. The molecule has 1 fully saturated rings. The molecule has 130 valence electrons. The highest BCUT2D eigenvalue weighted by molar-refractivity contribution is 6.32. The van der Waals surface area contributed by atoms with Gasteiger partial charge < -0.3 is 10.6 Å². The molecular weight excluding hydrogens is 336 g/mol. The molecule has 0 spiro atoms. The Kier molecular flexibility index (Phi) is 4.31. The Bertz CT molecular complexity index is 882. The number of aromatic nitrogens is 4. The summed E-state index contributed by atoms with van der Waals surface area (Å²) in [6.45, 7) is 4.41. The molecule has 1 aromatic carbocycles. The van der Waals surface area contributed by atoms with E-state index in [1.807, 2.05) is 18.2 Å². The van der Waals surface area contributed by atoms with Gasteiger partial charge in [0.15, 0.2) is 5.82 Å². The van der Waals surface area contributed by atoms with Crippen LogP contribution in [0.5, 0.6) is 0 Å². The maximum absolute atomic E-state index is 6.32. The molecule has 0 bridgehead atoms. The van der Waals surface area contributed by atoms with E-state index in [-0.39, 0.29) is 0 Å². The second-order valence-electron chi connectivity index (χ2n) is 6.86. The quantitative estimate of drug-likeness (QED) is 0.661. The maximum Gasteiger partial charge on any atom is 0.152 e. The number of aromatic amines is 1. The molecule has 0 radical (unpaired) electrons. The number of nitrogens with zero attached hydrogens (tertiary/aromatic N) is 3. The molecule has 0 aliphatic carbocycles. The van der Waals surface area contributed by atoms with Crippen LogP contribution in [0.1, 0.15) is 38.4 Å². The number of halogens is 1. The van der Waals surface area contributed by atoms with E-state index in [9.17, 15) is 0 Å². The molecule has 6 nitrogen and oxygen atoms in total. The molecule has 25 heavy (non-hydrogen) atoms. The Balaban J connectivity index is 1.60. The van der Waals surface area contributed by atoms with E-state index in [1.165, 1.54) is 0 Å². The topological polar surface area (TPSA) is 78.5 Å². The van der Waals surface area contributed by atoms with Crippen LogP contribution < -0.4 is 10.6 Å². The predicted molar refractivity (Wildman–Crippen MR) is 100 cm³/mol. The van der Waals surface area contributed by atoms with Crippen LogP contribution in [0.2, 0.25) is 5.02 Å². The summed E-state index contributed by atoms with van der Waals surface area (Å²) < 4.78 is 0. The van der Waals surface area contributed by atoms with Gasteiger partial charge in [0.2, 0.25) is 0 Å². The Labute approximate surface area is 151 Å². The average molecular weight is 357 g/mol. The predicted octanol–water partition coefficient (Wildman–Crippen LogP) is 3.99. The molecule has 1 aliphatic heterocycles. The van der Waals surface area contributed by atoms with E-state index >= 15 is 0 Å². The van der Waals surface area contributed by atoms with Crippen molar-refractivity contribution in [2.75, 3.05) is 5.32 Å². The largest absolute Gasteiger partial charge is 0.339 e. The van der Waals surface area contributed by atoms with Crippen molar-refractivity contribution in [1.82, 2.24) is 25.5 Å². The van der Waals surface area contributed by atoms with Gasteiger partial charge in [-0.25, -0.2) is 9.97 Å². The molecule has 3 heterocycles. The third-order valence-electron chi connectivity index (χ3n) is 4.68. The highest BCUT2D eigenvalue weighted by Gasteiger charge is 2.26. The minimum Gasteiger partial charge on any atom is -0.339 e. The van der Waals surface area contributed by atoms with Crippen molar-refractivity contribution in [2.45, 2.75) is 44.7 Å². The SMILES string of the molecule is CC1CC(c2ncc(Cl)c(Nc3ccc4[nH]ncc4c3)n2)CC(C)N1. The van der Waals surface area contributed by atoms with Crippen LogP contribution in [-0.4, -0.2) is 32.2 Å². The molecule has 1 saturated heterocycles. The van der Waals surface area contributed by atoms with Crippen LogP contribution in [0.25, 0.3) is 10.9 Å². The summed E-state index contributed by atoms with van der Waals surface area (Å²) >= 11 is 6.32. The van der Waals surface area contributed by atoms with E-state index in [4.69, 9.17) is 16.6 Å². The first-order valence-corrected chi connectivity index (χ1v) is 8.95. The molecule has 0 amide bonds. The highest BCUT2D eigenvalue weighted by Crippen LogP contribution is 2.31. The van der Waals surface area contributed by atoms with Crippen molar-refractivity contribution in [1.29, 1.82) is 0 Å². The minimum atomic E-state index is 0.348. The number of nitrogens with one attached hydrogen (secondary N) is 3. The average Bonchev–Trinajstić information content (AvgIpc) is 3.03. The Hall–Kier alpha value is -2.18. The van der Waals surface area contributed by atoms with Gasteiger partial charge in [-0.2, -0.15) is 5.10 Å². The fourth-order valence-corrected chi connectivity index (χ4v) is 3.74. The molecule has 0 saturated carbocycles.